The van der Waals surface area contributed by atoms with Crippen LogP contribution in [0.5, 0.6) is 23.5 Å². The van der Waals surface area contributed by atoms with Crippen molar-refractivity contribution in [2.45, 2.75) is 139 Å². The number of rotatable bonds is 20. The minimum absolute atomic E-state index is 0.0147. The van der Waals surface area contributed by atoms with Gasteiger partial charge in [-0.1, -0.05) is 71.8 Å². The Bertz CT molecular complexity index is 5130. The van der Waals surface area contributed by atoms with Gasteiger partial charge < -0.3 is 38.5 Å². The predicted molar refractivity (Wildman–Crippen MR) is 435 cm³/mol. The van der Waals surface area contributed by atoms with Crippen molar-refractivity contribution < 1.29 is 55.7 Å². The van der Waals surface area contributed by atoms with Crippen LogP contribution in [-0.2, 0) is 0 Å². The van der Waals surface area contributed by atoms with E-state index in [9.17, 15) is 36.7 Å². The van der Waals surface area contributed by atoms with Crippen molar-refractivity contribution in [1.82, 2.24) is 69.5 Å². The number of fused-ring (bicyclic) bond motifs is 8. The van der Waals surface area contributed by atoms with Crippen LogP contribution in [0.4, 0.5) is 17.6 Å². The second-order valence-electron chi connectivity index (χ2n) is 31.3. The summed E-state index contributed by atoms with van der Waals surface area (Å²) in [5.74, 6) is 1.41. The van der Waals surface area contributed by atoms with Gasteiger partial charge in [0.25, 0.3) is 23.6 Å². The normalized spacial score (nSPS) is 22.6. The molecule has 8 bridgehead atoms. The highest BCUT2D eigenvalue weighted by Crippen LogP contribution is 2.48. The Balaban J connectivity index is 0.000000113. The zero-order valence-electron chi connectivity index (χ0n) is 64.9. The van der Waals surface area contributed by atoms with E-state index in [4.69, 9.17) is 18.9 Å². The van der Waals surface area contributed by atoms with E-state index in [0.717, 1.165) is 145 Å². The molecule has 4 amide bonds. The molecule has 22 nitrogen and oxygen atoms in total. The van der Waals surface area contributed by atoms with E-state index in [2.05, 4.69) is 62.3 Å². The Morgan fingerprint density at radius 2 is 0.653 bits per heavy atom. The zero-order chi connectivity index (χ0) is 80.9. The maximum atomic E-state index is 13.6. The van der Waals surface area contributed by atoms with Crippen molar-refractivity contribution in [2.24, 2.45) is 23.7 Å². The number of benzene rings is 4. The number of carbonyl (C=O) groups is 4. The molecule has 118 heavy (non-hydrogen) atoms. The molecule has 4 aromatic carbocycles. The molecular weight excluding hydrogens is 1550 g/mol. The van der Waals surface area contributed by atoms with Crippen LogP contribution in [0.1, 0.15) is 130 Å². The van der Waals surface area contributed by atoms with E-state index in [1.807, 2.05) is 131 Å². The van der Waals surface area contributed by atoms with Gasteiger partial charge in [0.05, 0.1) is 98.5 Å². The van der Waals surface area contributed by atoms with Crippen LogP contribution >= 0.6 is 22.7 Å². The first-order valence-electron chi connectivity index (χ1n) is 40.1. The van der Waals surface area contributed by atoms with Crippen molar-refractivity contribution in [3.63, 3.8) is 0 Å². The smallest absolute Gasteiger partial charge is 0.256 e. The maximum Gasteiger partial charge on any atom is 0.256 e. The third kappa shape index (κ3) is 16.8. The summed E-state index contributed by atoms with van der Waals surface area (Å²) in [4.78, 5) is 83.5. The van der Waals surface area contributed by atoms with Gasteiger partial charge in [-0.25, -0.2) is 37.5 Å². The van der Waals surface area contributed by atoms with Crippen LogP contribution in [0.3, 0.4) is 0 Å². The Morgan fingerprint density at radius 3 is 0.932 bits per heavy atom. The molecule has 8 aromatic heterocycles. The van der Waals surface area contributed by atoms with Gasteiger partial charge in [-0.05, 0) is 174 Å². The van der Waals surface area contributed by atoms with Gasteiger partial charge in [-0.2, -0.15) is 30.0 Å². The van der Waals surface area contributed by atoms with Gasteiger partial charge in [0.1, 0.15) is 23.3 Å². The van der Waals surface area contributed by atoms with Gasteiger partial charge in [0.15, 0.2) is 0 Å². The highest BCUT2D eigenvalue weighted by Gasteiger charge is 2.53. The second kappa shape index (κ2) is 35.0. The summed E-state index contributed by atoms with van der Waals surface area (Å²) < 4.78 is 75.3. The molecule has 0 N–H and O–H groups in total. The van der Waals surface area contributed by atoms with Crippen molar-refractivity contribution in [3.05, 3.63) is 275 Å². The van der Waals surface area contributed by atoms with E-state index in [1.54, 1.807) is 59.6 Å². The standard InChI is InChI=1S/2C23H21FN2O2S.2C22H22FN5O2/c2*24-16-7-10-22(25-13-16)28-14-15-12-17-8-9-20(15)26(17)23(27)19-5-2-1-4-18(19)21-6-3-11-29-21;2*1-14-2-5-20(28-25-8-9-26-28)18(10-14)22(29)27-17-4-6-19(27)15(11-17)13-30-21-7-3-16(23)12-24-21/h2*1-7,10-11,13,15,17,20H,8-9,12,14H2;2*2-3,5,7-10,12,15,17,19H,4,6,11,13H2,1H3. The Kier molecular flexibility index (Phi) is 23.3. The number of nitrogens with zero attached hydrogens (tertiary/aromatic N) is 14. The summed E-state index contributed by atoms with van der Waals surface area (Å²) in [5, 5.41) is 20.9. The minimum atomic E-state index is -0.389. The Hall–Kier alpha value is -12.0. The lowest BCUT2D eigenvalue weighted by atomic mass is 9.90. The van der Waals surface area contributed by atoms with E-state index >= 15 is 0 Å². The highest BCUT2D eigenvalue weighted by molar-refractivity contribution is 7.13. The second-order valence-corrected chi connectivity index (χ2v) is 33.1. The molecule has 28 heteroatoms. The number of ether oxygens (including phenoxy) is 4. The fraction of sp³-hybridized carbons (Fsp3) is 0.333. The lowest BCUT2D eigenvalue weighted by Gasteiger charge is -2.25. The van der Waals surface area contributed by atoms with Crippen molar-refractivity contribution in [1.29, 1.82) is 0 Å². The summed E-state index contributed by atoms with van der Waals surface area (Å²) >= 11 is 3.30. The minimum Gasteiger partial charge on any atom is -0.477 e. The topological polar surface area (TPSA) is 231 Å². The quantitative estimate of drug-likeness (QED) is 0.0646. The molecule has 12 unspecified atom stereocenters. The summed E-state index contributed by atoms with van der Waals surface area (Å²) in [6, 6.07) is 48.5. The average molecular weight is 1630 g/mol. The van der Waals surface area contributed by atoms with Gasteiger partial charge in [0.2, 0.25) is 23.5 Å². The van der Waals surface area contributed by atoms with Gasteiger partial charge in [0, 0.05) is 128 Å². The molecule has 8 saturated heterocycles. The molecule has 8 aliphatic heterocycles. The fourth-order valence-electron chi connectivity index (χ4n) is 18.9. The SMILES string of the molecule is Cc1ccc(-n2nccn2)c(C(=O)N2C3CCC2C(COc2ccc(F)cn2)C3)c1.Cc1ccc(-n2nccn2)c(C(=O)N2C3CCC2C(COc2ccc(F)cn2)C3)c1.O=C(c1ccccc1-c1cccs1)N1C2CCC1C(COc1ccc(F)cn1)C2.O=C(c1ccccc1-c1cccs1)N1C2CCC1C(COc1ccc(F)cn1)C2. The Morgan fingerprint density at radius 1 is 0.356 bits per heavy atom. The van der Waals surface area contributed by atoms with E-state index < -0.39 is 0 Å². The lowest BCUT2D eigenvalue weighted by Crippen LogP contribution is -2.38. The fourth-order valence-corrected chi connectivity index (χ4v) is 20.4. The number of thiophene rings is 2. The number of amides is 4. The monoisotopic (exact) mass is 1630 g/mol. The zero-order valence-corrected chi connectivity index (χ0v) is 66.5. The first-order chi connectivity index (χ1) is 57.6. The number of aryl methyl sites for hydroxylation is 2. The van der Waals surface area contributed by atoms with Crippen molar-refractivity contribution in [2.75, 3.05) is 26.4 Å². The van der Waals surface area contributed by atoms with E-state index in [1.165, 1.54) is 46.0 Å². The molecule has 8 aliphatic rings. The van der Waals surface area contributed by atoms with E-state index in [0.29, 0.717) is 72.4 Å². The Labute approximate surface area is 687 Å². The molecule has 0 saturated carbocycles. The summed E-state index contributed by atoms with van der Waals surface area (Å²) in [6.07, 6.45) is 22.7. The van der Waals surface area contributed by atoms with Gasteiger partial charge in [-0.15, -0.1) is 22.7 Å². The summed E-state index contributed by atoms with van der Waals surface area (Å²) in [7, 11) is 0. The number of pyridine rings is 4. The number of carbonyl (C=O) groups excluding carboxylic acids is 4. The average Bonchev–Trinajstić information content (AvgIpc) is 1.62. The van der Waals surface area contributed by atoms with Crippen LogP contribution in [0, 0.1) is 60.8 Å². The van der Waals surface area contributed by atoms with Gasteiger partial charge >= 0.3 is 0 Å². The first kappa shape index (κ1) is 78.5. The molecule has 604 valence electrons. The van der Waals surface area contributed by atoms with Crippen LogP contribution in [0.2, 0.25) is 0 Å². The number of hydrogen-bond donors (Lipinski definition) is 0. The van der Waals surface area contributed by atoms with Crippen LogP contribution in [0.25, 0.3) is 32.3 Å². The third-order valence-electron chi connectivity index (χ3n) is 24.1. The lowest BCUT2D eigenvalue weighted by molar-refractivity contribution is 0.0701. The van der Waals surface area contributed by atoms with E-state index in [-0.39, 0.29) is 119 Å². The third-order valence-corrected chi connectivity index (χ3v) is 25.9. The molecule has 12 atom stereocenters. The van der Waals surface area contributed by atoms with Crippen molar-refractivity contribution in [3.8, 4) is 55.8 Å². The molecule has 12 aromatic rings. The first-order valence-corrected chi connectivity index (χ1v) is 41.9. The highest BCUT2D eigenvalue weighted by atomic mass is 32.1. The molecule has 20 rings (SSSR count). The molecule has 0 aliphatic carbocycles. The summed E-state index contributed by atoms with van der Waals surface area (Å²) in [5.41, 5.74) is 8.18. The molecule has 0 radical (unpaired) electrons. The molecule has 0 spiro atoms. The van der Waals surface area contributed by atoms with Crippen LogP contribution < -0.4 is 18.9 Å². The summed E-state index contributed by atoms with van der Waals surface area (Å²) in [6.45, 7) is 5.87. The predicted octanol–water partition coefficient (Wildman–Crippen LogP) is 16.4. The largest absolute Gasteiger partial charge is 0.477 e. The molecule has 8 fully saturated rings. The molecule has 16 heterocycles. The number of halogens is 4. The van der Waals surface area contributed by atoms with Crippen molar-refractivity contribution >= 4 is 46.3 Å². The van der Waals surface area contributed by atoms with Crippen LogP contribution in [-0.4, -0.2) is 168 Å². The molecular formula is C90H86F4N14O8S2. The van der Waals surface area contributed by atoms with Gasteiger partial charge in [-0.3, -0.25) is 19.2 Å². The maximum absolute atomic E-state index is 13.6. The number of hydrogen-bond acceptors (Lipinski definition) is 18. The van der Waals surface area contributed by atoms with Crippen LogP contribution in [0.15, 0.2) is 218 Å². The number of aromatic nitrogens is 10.